The first-order valence-electron chi connectivity index (χ1n) is 15.2. The van der Waals surface area contributed by atoms with Crippen LogP contribution in [0.3, 0.4) is 0 Å². The first-order chi connectivity index (χ1) is 20.9. The van der Waals surface area contributed by atoms with Crippen LogP contribution in [-0.2, 0) is 28.6 Å². The predicted octanol–water partition coefficient (Wildman–Crippen LogP) is 4.77. The van der Waals surface area contributed by atoms with Gasteiger partial charge in [0.1, 0.15) is 18.0 Å². The normalized spacial score (nSPS) is 38.2. The molecule has 1 N–H and O–H groups in total. The number of hydrogen-bond acceptors (Lipinski definition) is 8. The van der Waals surface area contributed by atoms with Gasteiger partial charge in [0.15, 0.2) is 5.78 Å². The molecule has 0 radical (unpaired) electrons. The van der Waals surface area contributed by atoms with Gasteiger partial charge in [-0.1, -0.05) is 37.6 Å². The Hall–Kier alpha value is -3.98. The molecule has 0 spiro atoms. The lowest BCUT2D eigenvalue weighted by Crippen LogP contribution is -2.66. The van der Waals surface area contributed by atoms with Crippen LogP contribution in [0.4, 0.5) is 0 Å². The molecule has 230 valence electrons. The Morgan fingerprint density at radius 2 is 1.80 bits per heavy atom. The molecule has 1 amide bonds. The number of hydrogen-bond donors (Lipinski definition) is 1. The second-order valence-corrected chi connectivity index (χ2v) is 13.5. The molecule has 2 aromatic rings. The third kappa shape index (κ3) is 3.50. The van der Waals surface area contributed by atoms with Crippen LogP contribution < -0.4 is 5.32 Å². The number of amides is 1. The lowest BCUT2D eigenvalue weighted by Gasteiger charge is -2.59. The Morgan fingerprint density at radius 3 is 2.48 bits per heavy atom. The summed E-state index contributed by atoms with van der Waals surface area (Å²) in [7, 11) is 2.96. The van der Waals surface area contributed by atoms with Gasteiger partial charge in [0.2, 0.25) is 0 Å². The van der Waals surface area contributed by atoms with E-state index in [9.17, 15) is 19.2 Å². The van der Waals surface area contributed by atoms with Gasteiger partial charge < -0.3 is 23.9 Å². The summed E-state index contributed by atoms with van der Waals surface area (Å²) in [5.41, 5.74) is 1.75. The van der Waals surface area contributed by atoms with E-state index in [0.717, 1.165) is 28.0 Å². The maximum atomic E-state index is 13.9. The van der Waals surface area contributed by atoms with Crippen molar-refractivity contribution in [3.05, 3.63) is 71.0 Å². The summed E-state index contributed by atoms with van der Waals surface area (Å²) in [4.78, 5) is 52.4. The van der Waals surface area contributed by atoms with Crippen molar-refractivity contribution in [1.29, 1.82) is 0 Å². The number of allylic oxidation sites excluding steroid dienone is 2. The molecule has 44 heavy (non-hydrogen) atoms. The fraction of sp³-hybridized carbons (Fsp3) is 0.486. The Kier molecular flexibility index (Phi) is 6.22. The zero-order valence-corrected chi connectivity index (χ0v) is 25.8. The van der Waals surface area contributed by atoms with E-state index in [2.05, 4.69) is 19.2 Å². The average Bonchev–Trinajstić information content (AvgIpc) is 3.75. The minimum atomic E-state index is -1.06. The average molecular weight is 600 g/mol. The van der Waals surface area contributed by atoms with E-state index in [1.807, 2.05) is 32.0 Å². The molecule has 5 aliphatic rings. The van der Waals surface area contributed by atoms with Gasteiger partial charge in [-0.3, -0.25) is 19.2 Å². The standard InChI is InChI=1S/C35H37NO8/c1-17-21(20-12-14-42-27(20)18-7-9-19(10-8-18)31(39)36-5)15-22-26(17)35(4)23(16-25(38)41-6)34(3)24(37)11-13-33(2)29(34)28(30(35)43-22)44-32(33)40/h7-14,21-23,28-30H,15-16H2,1-6H3,(H,36,39)/t21-,22-,23-,28-,29?,30-,33-,34+,35-/m1/s1. The maximum absolute atomic E-state index is 13.9. The first-order valence-corrected chi connectivity index (χ1v) is 15.2. The van der Waals surface area contributed by atoms with Crippen LogP contribution in [0.5, 0.6) is 0 Å². The highest BCUT2D eigenvalue weighted by molar-refractivity contribution is 6.00. The molecular weight excluding hydrogens is 562 g/mol. The number of ketones is 1. The second kappa shape index (κ2) is 9.51. The Labute approximate surface area is 256 Å². The van der Waals surface area contributed by atoms with Gasteiger partial charge in [-0.2, -0.15) is 0 Å². The van der Waals surface area contributed by atoms with Crippen molar-refractivity contribution in [2.24, 2.45) is 28.1 Å². The summed E-state index contributed by atoms with van der Waals surface area (Å²) in [6.45, 7) is 7.91. The maximum Gasteiger partial charge on any atom is 0.316 e. The van der Waals surface area contributed by atoms with Crippen LogP contribution in [-0.4, -0.2) is 56.1 Å². The highest BCUT2D eigenvalue weighted by atomic mass is 16.6. The SMILES string of the molecule is CNC(=O)c1ccc(-c2occc2[C@@H]2C[C@H]3O[C@@H]4[C@@H]5OC(=O)[C@]6(C)C=CC(=O)[C@@](C)(C56)[C@@H](CC(=O)OC)[C@]4(C)C3=C2C)cc1. The summed E-state index contributed by atoms with van der Waals surface area (Å²) >= 11 is 0. The molecule has 9 heteroatoms. The van der Waals surface area contributed by atoms with Crippen molar-refractivity contribution in [1.82, 2.24) is 5.32 Å². The number of rotatable bonds is 5. The van der Waals surface area contributed by atoms with Crippen molar-refractivity contribution in [3.63, 3.8) is 0 Å². The van der Waals surface area contributed by atoms with Gasteiger partial charge in [-0.05, 0) is 56.0 Å². The Morgan fingerprint density at radius 1 is 1.07 bits per heavy atom. The molecule has 9 atom stereocenters. The molecule has 2 aliphatic heterocycles. The molecule has 0 bridgehead atoms. The van der Waals surface area contributed by atoms with E-state index < -0.39 is 46.3 Å². The minimum Gasteiger partial charge on any atom is -0.469 e. The van der Waals surface area contributed by atoms with Gasteiger partial charge in [0.25, 0.3) is 5.91 Å². The summed E-state index contributed by atoms with van der Waals surface area (Å²) in [5, 5.41) is 2.64. The first kappa shape index (κ1) is 28.8. The Balaban J connectivity index is 1.34. The lowest BCUT2D eigenvalue weighted by atomic mass is 9.42. The molecule has 3 heterocycles. The zero-order valence-electron chi connectivity index (χ0n) is 25.8. The number of fused-ring (bicyclic) bond motifs is 4. The van der Waals surface area contributed by atoms with Gasteiger partial charge in [0.05, 0.1) is 31.3 Å². The topological polar surface area (TPSA) is 121 Å². The monoisotopic (exact) mass is 599 g/mol. The molecule has 3 fully saturated rings. The number of ether oxygens (including phenoxy) is 3. The van der Waals surface area contributed by atoms with Crippen LogP contribution in [0.2, 0.25) is 0 Å². The smallest absolute Gasteiger partial charge is 0.316 e. The Bertz CT molecular complexity index is 1670. The van der Waals surface area contributed by atoms with Gasteiger partial charge in [0, 0.05) is 46.4 Å². The minimum absolute atomic E-state index is 0.0131. The quantitative estimate of drug-likeness (QED) is 0.386. The molecule has 1 unspecified atom stereocenters. The van der Waals surface area contributed by atoms with Crippen LogP contribution in [0, 0.1) is 28.1 Å². The number of benzene rings is 1. The fourth-order valence-electron chi connectivity index (χ4n) is 9.65. The van der Waals surface area contributed by atoms with E-state index in [4.69, 9.17) is 18.6 Å². The number of esters is 2. The van der Waals surface area contributed by atoms with E-state index in [-0.39, 0.29) is 36.1 Å². The molecule has 1 aromatic carbocycles. The molecule has 7 rings (SSSR count). The van der Waals surface area contributed by atoms with Gasteiger partial charge in [-0.25, -0.2) is 0 Å². The van der Waals surface area contributed by atoms with Crippen molar-refractivity contribution in [2.45, 2.75) is 64.8 Å². The summed E-state index contributed by atoms with van der Waals surface area (Å²) < 4.78 is 24.2. The molecule has 2 saturated heterocycles. The number of furan rings is 1. The largest absolute Gasteiger partial charge is 0.469 e. The molecule has 3 aliphatic carbocycles. The number of methoxy groups -OCH3 is 1. The summed E-state index contributed by atoms with van der Waals surface area (Å²) in [6.07, 6.45) is 4.09. The number of nitrogens with one attached hydrogen (secondary N) is 1. The highest BCUT2D eigenvalue weighted by Gasteiger charge is 2.77. The van der Waals surface area contributed by atoms with Crippen LogP contribution >= 0.6 is 0 Å². The lowest BCUT2D eigenvalue weighted by molar-refractivity contribution is -0.190. The summed E-state index contributed by atoms with van der Waals surface area (Å²) in [5.74, 6) is -1.32. The van der Waals surface area contributed by atoms with Crippen molar-refractivity contribution >= 4 is 23.6 Å². The number of carbonyl (C=O) groups excluding carboxylic acids is 4. The fourth-order valence-corrected chi connectivity index (χ4v) is 9.65. The predicted molar refractivity (Wildman–Crippen MR) is 158 cm³/mol. The zero-order chi connectivity index (χ0) is 31.3. The highest BCUT2D eigenvalue weighted by Crippen LogP contribution is 2.72. The third-order valence-corrected chi connectivity index (χ3v) is 11.7. The van der Waals surface area contributed by atoms with Crippen molar-refractivity contribution in [3.8, 4) is 11.3 Å². The van der Waals surface area contributed by atoms with Crippen LogP contribution in [0.25, 0.3) is 11.3 Å². The van der Waals surface area contributed by atoms with Crippen LogP contribution in [0.1, 0.15) is 62.4 Å². The molecule has 1 saturated carbocycles. The van der Waals surface area contributed by atoms with E-state index in [1.165, 1.54) is 13.2 Å². The second-order valence-electron chi connectivity index (χ2n) is 13.5. The van der Waals surface area contributed by atoms with E-state index in [0.29, 0.717) is 12.0 Å². The van der Waals surface area contributed by atoms with E-state index in [1.54, 1.807) is 31.5 Å². The molecule has 1 aromatic heterocycles. The molecule has 9 nitrogen and oxygen atoms in total. The molecular formula is C35H37NO8. The third-order valence-electron chi connectivity index (χ3n) is 11.7. The van der Waals surface area contributed by atoms with Crippen LogP contribution in [0.15, 0.2) is 64.3 Å². The number of carbonyl (C=O) groups is 4. The van der Waals surface area contributed by atoms with Gasteiger partial charge in [-0.15, -0.1) is 0 Å². The summed E-state index contributed by atoms with van der Waals surface area (Å²) in [6, 6.07) is 9.27. The van der Waals surface area contributed by atoms with E-state index >= 15 is 0 Å². The van der Waals surface area contributed by atoms with Crippen molar-refractivity contribution in [2.75, 3.05) is 14.2 Å². The van der Waals surface area contributed by atoms with Gasteiger partial charge >= 0.3 is 11.9 Å². The van der Waals surface area contributed by atoms with Crippen molar-refractivity contribution < 1.29 is 37.8 Å².